The van der Waals surface area contributed by atoms with Gasteiger partial charge >= 0.3 is 6.18 Å². The molecular formula is C38H24Br2F3N5O4. The van der Waals surface area contributed by atoms with Crippen molar-refractivity contribution in [2.45, 2.75) is 6.18 Å². The Morgan fingerprint density at radius 3 is 1.58 bits per heavy atom. The van der Waals surface area contributed by atoms with Crippen LogP contribution >= 0.6 is 31.9 Å². The van der Waals surface area contributed by atoms with Crippen LogP contribution in [0.4, 0.5) is 13.2 Å². The molecule has 0 spiro atoms. The van der Waals surface area contributed by atoms with Crippen LogP contribution in [-0.2, 0) is 6.18 Å². The van der Waals surface area contributed by atoms with E-state index in [2.05, 4.69) is 47.9 Å². The highest BCUT2D eigenvalue weighted by Crippen LogP contribution is 2.37. The van der Waals surface area contributed by atoms with E-state index in [1.54, 1.807) is 84.9 Å². The predicted octanol–water partition coefficient (Wildman–Crippen LogP) is 9.70. The van der Waals surface area contributed by atoms with Gasteiger partial charge in [0.25, 0.3) is 11.8 Å². The van der Waals surface area contributed by atoms with Crippen LogP contribution < -0.4 is 20.9 Å². The summed E-state index contributed by atoms with van der Waals surface area (Å²) in [6, 6.07) is 34.5. The molecule has 4 aromatic carbocycles. The lowest BCUT2D eigenvalue weighted by Gasteiger charge is -2.11. The average molecular weight is 831 g/mol. The Hall–Kier alpha value is -6.04. The minimum atomic E-state index is -4.42. The Labute approximate surface area is 311 Å². The zero-order chi connectivity index (χ0) is 37.4. The van der Waals surface area contributed by atoms with E-state index in [0.717, 1.165) is 23.3 Å². The molecule has 4 N–H and O–H groups in total. The first-order valence-corrected chi connectivity index (χ1v) is 16.6. The third-order valence-corrected chi connectivity index (χ3v) is 8.36. The van der Waals surface area contributed by atoms with Gasteiger partial charge in [-0.3, -0.25) is 9.59 Å². The molecule has 9 nitrogen and oxygen atoms in total. The number of ether oxygens (including phenoxy) is 2. The zero-order valence-corrected chi connectivity index (χ0v) is 29.7. The molecule has 0 aliphatic heterocycles. The van der Waals surface area contributed by atoms with Gasteiger partial charge in [0.1, 0.15) is 40.5 Å². The van der Waals surface area contributed by atoms with E-state index in [4.69, 9.17) is 26.2 Å². The third-order valence-electron chi connectivity index (χ3n) is 7.09. The van der Waals surface area contributed by atoms with Crippen molar-refractivity contribution < 1.29 is 32.2 Å². The fraction of sp³-hybridized carbons (Fsp3) is 0.0263. The number of carbonyl (C=O) groups is 2. The van der Waals surface area contributed by atoms with Crippen molar-refractivity contribution in [3.63, 3.8) is 0 Å². The second-order valence-electron chi connectivity index (χ2n) is 10.7. The molecular weight excluding hydrogens is 807 g/mol. The third kappa shape index (κ3) is 9.59. The van der Waals surface area contributed by atoms with E-state index >= 15 is 0 Å². The number of pyridine rings is 2. The number of halogens is 5. The van der Waals surface area contributed by atoms with Crippen molar-refractivity contribution in [1.82, 2.24) is 9.97 Å². The lowest BCUT2D eigenvalue weighted by atomic mass is 10.1. The Kier molecular flexibility index (Phi) is 11.7. The number of hydrogen-bond donors (Lipinski definition) is 2. The van der Waals surface area contributed by atoms with Crippen molar-refractivity contribution in [1.29, 1.82) is 5.26 Å². The summed E-state index contributed by atoms with van der Waals surface area (Å²) < 4.78 is 50.4. The maximum absolute atomic E-state index is 12.7. The first-order valence-electron chi connectivity index (χ1n) is 15.0. The largest absolute Gasteiger partial charge is 0.457 e. The number of rotatable bonds is 8. The van der Waals surface area contributed by atoms with Crippen LogP contribution in [-0.4, -0.2) is 21.8 Å². The van der Waals surface area contributed by atoms with E-state index in [1.807, 2.05) is 12.1 Å². The molecule has 0 fully saturated rings. The Balaban J connectivity index is 0.000000202. The molecule has 0 saturated carbocycles. The molecule has 0 radical (unpaired) electrons. The lowest BCUT2D eigenvalue weighted by molar-refractivity contribution is -0.137. The second kappa shape index (κ2) is 16.3. The van der Waals surface area contributed by atoms with Crippen LogP contribution in [0.5, 0.6) is 23.0 Å². The first-order chi connectivity index (χ1) is 24.8. The zero-order valence-electron chi connectivity index (χ0n) is 26.6. The number of benzene rings is 4. The minimum absolute atomic E-state index is 0.154. The van der Waals surface area contributed by atoms with Gasteiger partial charge in [0.2, 0.25) is 0 Å². The molecule has 6 rings (SSSR count). The van der Waals surface area contributed by atoms with Gasteiger partial charge in [0.15, 0.2) is 0 Å². The summed E-state index contributed by atoms with van der Waals surface area (Å²) >= 11 is 6.42. The highest BCUT2D eigenvalue weighted by Gasteiger charge is 2.31. The lowest BCUT2D eigenvalue weighted by Crippen LogP contribution is -2.12. The molecule has 260 valence electrons. The van der Waals surface area contributed by atoms with Gasteiger partial charge < -0.3 is 20.9 Å². The Morgan fingerprint density at radius 2 is 1.13 bits per heavy atom. The standard InChI is InChI=1S/C19H12BrF3N2O2.C19H12BrN3O2/c20-14-10-12(19(21,22)23)6-9-17(14)27-13-7-4-11(5-8-13)15-2-1-3-16(25-15)18(24)26;20-16-10-15(9-6-13(16)11-21)25-14-7-4-12(5-8-14)17-2-1-3-18(23-17)19(22)24/h1-10H,(H2,24,26);1-10H,(H2,22,24). The SMILES string of the molecule is N#Cc1ccc(Oc2ccc(-c3cccc(C(N)=O)n3)cc2)cc1Br.NC(=O)c1cccc(-c2ccc(Oc3ccc(C(F)(F)F)cc3Br)cc2)n1. The van der Waals surface area contributed by atoms with Gasteiger partial charge in [-0.2, -0.15) is 18.4 Å². The number of nitrogens with two attached hydrogens (primary N) is 2. The molecule has 2 aromatic heterocycles. The molecule has 2 heterocycles. The molecule has 0 aliphatic rings. The van der Waals surface area contributed by atoms with Crippen LogP contribution in [0.3, 0.4) is 0 Å². The monoisotopic (exact) mass is 829 g/mol. The van der Waals surface area contributed by atoms with Crippen molar-refractivity contribution in [3.05, 3.63) is 153 Å². The number of hydrogen-bond acceptors (Lipinski definition) is 7. The minimum Gasteiger partial charge on any atom is -0.457 e. The maximum atomic E-state index is 12.7. The first kappa shape index (κ1) is 37.2. The number of primary amides is 2. The Bertz CT molecular complexity index is 2300. The van der Waals surface area contributed by atoms with Crippen LogP contribution in [0.25, 0.3) is 22.5 Å². The fourth-order valence-electron chi connectivity index (χ4n) is 4.53. The van der Waals surface area contributed by atoms with Crippen molar-refractivity contribution in [3.8, 4) is 51.6 Å². The molecule has 0 atom stereocenters. The molecule has 0 unspecified atom stereocenters. The molecule has 14 heteroatoms. The van der Waals surface area contributed by atoms with E-state index in [-0.39, 0.29) is 21.6 Å². The van der Waals surface area contributed by atoms with E-state index < -0.39 is 23.6 Å². The van der Waals surface area contributed by atoms with Crippen molar-refractivity contribution in [2.75, 3.05) is 0 Å². The summed E-state index contributed by atoms with van der Waals surface area (Å²) in [5.41, 5.74) is 13.4. The smallest absolute Gasteiger partial charge is 0.416 e. The van der Waals surface area contributed by atoms with Gasteiger partial charge in [-0.25, -0.2) is 9.97 Å². The predicted molar refractivity (Wildman–Crippen MR) is 195 cm³/mol. The normalized spacial score (nSPS) is 10.7. The summed E-state index contributed by atoms with van der Waals surface area (Å²) in [6.07, 6.45) is -4.42. The molecule has 0 saturated heterocycles. The quantitative estimate of drug-likeness (QED) is 0.155. The van der Waals surface area contributed by atoms with Crippen LogP contribution in [0.2, 0.25) is 0 Å². The maximum Gasteiger partial charge on any atom is 0.416 e. The summed E-state index contributed by atoms with van der Waals surface area (Å²) in [5, 5.41) is 8.94. The van der Waals surface area contributed by atoms with Gasteiger partial charge in [0.05, 0.1) is 27.0 Å². The van der Waals surface area contributed by atoms with Gasteiger partial charge in [-0.15, -0.1) is 0 Å². The van der Waals surface area contributed by atoms with E-state index in [0.29, 0.717) is 38.7 Å². The van der Waals surface area contributed by atoms with Crippen LogP contribution in [0.1, 0.15) is 32.1 Å². The highest BCUT2D eigenvalue weighted by atomic mass is 79.9. The number of nitrogens with zero attached hydrogens (tertiary/aromatic N) is 3. The molecule has 0 aliphatic carbocycles. The van der Waals surface area contributed by atoms with Crippen LogP contribution in [0.15, 0.2) is 130 Å². The summed E-state index contributed by atoms with van der Waals surface area (Å²) in [7, 11) is 0. The number of nitriles is 1. The van der Waals surface area contributed by atoms with Crippen LogP contribution in [0, 0.1) is 11.3 Å². The Morgan fingerprint density at radius 1 is 0.635 bits per heavy atom. The molecule has 52 heavy (non-hydrogen) atoms. The van der Waals surface area contributed by atoms with E-state index in [1.165, 1.54) is 12.1 Å². The number of alkyl halides is 3. The average Bonchev–Trinajstić information content (AvgIpc) is 3.13. The molecule has 0 bridgehead atoms. The van der Waals surface area contributed by atoms with Crippen molar-refractivity contribution in [2.24, 2.45) is 11.5 Å². The number of carbonyl (C=O) groups excluding carboxylic acids is 2. The summed E-state index contributed by atoms with van der Waals surface area (Å²) in [5.74, 6) is 0.769. The molecule has 2 amide bonds. The topological polar surface area (TPSA) is 154 Å². The van der Waals surface area contributed by atoms with E-state index in [9.17, 15) is 22.8 Å². The van der Waals surface area contributed by atoms with Gasteiger partial charge in [-0.1, -0.05) is 12.1 Å². The summed E-state index contributed by atoms with van der Waals surface area (Å²) in [4.78, 5) is 30.9. The fourth-order valence-corrected chi connectivity index (χ4v) is 5.43. The second-order valence-corrected chi connectivity index (χ2v) is 12.4. The van der Waals surface area contributed by atoms with Gasteiger partial charge in [-0.05, 0) is 141 Å². The number of amides is 2. The summed E-state index contributed by atoms with van der Waals surface area (Å²) in [6.45, 7) is 0. The molecule has 6 aromatic rings. The number of aromatic nitrogens is 2. The van der Waals surface area contributed by atoms with Gasteiger partial charge in [0, 0.05) is 15.6 Å². The van der Waals surface area contributed by atoms with Crippen molar-refractivity contribution >= 4 is 43.7 Å². The highest BCUT2D eigenvalue weighted by molar-refractivity contribution is 9.10.